The standard InChI is InChI=1S/C24H39N5O5/c1-28(2)24(34)27-19(16-10-4-3-5-11-16)23(33)29-13-7-12-18(29)22(32)26-17(20(30)21(25)31)14-15-8-6-9-15/h15-19H,3-14H2,1-2H3,(H2,25,31)(H,26,32)(H,27,34). The van der Waals surface area contributed by atoms with Gasteiger partial charge >= 0.3 is 6.03 Å². The number of carbonyl (C=O) groups is 5. The highest BCUT2D eigenvalue weighted by Crippen LogP contribution is 2.31. The van der Waals surface area contributed by atoms with E-state index in [1.165, 1.54) is 4.90 Å². The maximum atomic E-state index is 13.7. The topological polar surface area (TPSA) is 142 Å². The monoisotopic (exact) mass is 477 g/mol. The van der Waals surface area contributed by atoms with Crippen LogP contribution in [0.4, 0.5) is 4.79 Å². The third-order valence-electron chi connectivity index (χ3n) is 7.58. The summed E-state index contributed by atoms with van der Waals surface area (Å²) in [6.45, 7) is 0.412. The molecule has 1 saturated heterocycles. The van der Waals surface area contributed by atoms with E-state index in [0.717, 1.165) is 51.4 Å². The number of ketones is 1. The van der Waals surface area contributed by atoms with Crippen LogP contribution in [0.15, 0.2) is 0 Å². The lowest BCUT2D eigenvalue weighted by Crippen LogP contribution is -2.58. The zero-order chi connectivity index (χ0) is 24.8. The lowest BCUT2D eigenvalue weighted by Gasteiger charge is -2.35. The zero-order valence-corrected chi connectivity index (χ0v) is 20.4. The third kappa shape index (κ3) is 6.27. The maximum absolute atomic E-state index is 13.7. The lowest BCUT2D eigenvalue weighted by atomic mass is 9.80. The second-order valence-corrected chi connectivity index (χ2v) is 10.2. The molecule has 2 saturated carbocycles. The van der Waals surface area contributed by atoms with Gasteiger partial charge in [0.15, 0.2) is 0 Å². The van der Waals surface area contributed by atoms with Gasteiger partial charge in [0.1, 0.15) is 12.1 Å². The van der Waals surface area contributed by atoms with Gasteiger partial charge in [0.2, 0.25) is 17.6 Å². The van der Waals surface area contributed by atoms with Crippen molar-refractivity contribution in [2.45, 2.75) is 88.8 Å². The molecule has 3 atom stereocenters. The number of rotatable bonds is 9. The fraction of sp³-hybridized carbons (Fsp3) is 0.792. The van der Waals surface area contributed by atoms with Crippen molar-refractivity contribution in [3.63, 3.8) is 0 Å². The Morgan fingerprint density at radius 3 is 2.15 bits per heavy atom. The maximum Gasteiger partial charge on any atom is 0.317 e. The molecule has 3 unspecified atom stereocenters. The van der Waals surface area contributed by atoms with Gasteiger partial charge in [-0.3, -0.25) is 19.2 Å². The number of nitrogens with one attached hydrogen (secondary N) is 2. The van der Waals surface area contributed by atoms with Gasteiger partial charge in [-0.05, 0) is 43.9 Å². The number of amides is 5. The van der Waals surface area contributed by atoms with Crippen LogP contribution in [0, 0.1) is 11.8 Å². The molecule has 2 aliphatic carbocycles. The predicted molar refractivity (Wildman–Crippen MR) is 125 cm³/mol. The fourth-order valence-electron chi connectivity index (χ4n) is 5.33. The molecule has 10 heteroatoms. The minimum absolute atomic E-state index is 0.0252. The Balaban J connectivity index is 1.72. The quantitative estimate of drug-likeness (QED) is 0.424. The Hall–Kier alpha value is -2.65. The van der Waals surface area contributed by atoms with Gasteiger partial charge in [0.25, 0.3) is 5.91 Å². The van der Waals surface area contributed by atoms with E-state index in [0.29, 0.717) is 25.8 Å². The minimum atomic E-state index is -1.06. The Kier molecular flexibility index (Phi) is 8.90. The van der Waals surface area contributed by atoms with Crippen LogP contribution in [0.1, 0.15) is 70.6 Å². The highest BCUT2D eigenvalue weighted by Gasteiger charge is 2.42. The van der Waals surface area contributed by atoms with E-state index in [1.807, 2.05) is 0 Å². The van der Waals surface area contributed by atoms with Crippen LogP contribution in [-0.4, -0.2) is 78.1 Å². The first-order valence-corrected chi connectivity index (χ1v) is 12.6. The molecule has 0 spiro atoms. The molecule has 3 aliphatic rings. The van der Waals surface area contributed by atoms with Crippen LogP contribution < -0.4 is 16.4 Å². The molecular formula is C24H39N5O5. The molecule has 3 fully saturated rings. The van der Waals surface area contributed by atoms with Crippen molar-refractivity contribution >= 4 is 29.5 Å². The zero-order valence-electron chi connectivity index (χ0n) is 20.4. The van der Waals surface area contributed by atoms with Crippen LogP contribution in [0.25, 0.3) is 0 Å². The summed E-state index contributed by atoms with van der Waals surface area (Å²) in [6.07, 6.45) is 9.34. The van der Waals surface area contributed by atoms with Gasteiger partial charge in [-0.15, -0.1) is 0 Å². The van der Waals surface area contributed by atoms with E-state index in [4.69, 9.17) is 5.73 Å². The van der Waals surface area contributed by atoms with E-state index in [-0.39, 0.29) is 23.8 Å². The number of hydrogen-bond donors (Lipinski definition) is 3. The fourth-order valence-corrected chi connectivity index (χ4v) is 5.33. The van der Waals surface area contributed by atoms with E-state index in [9.17, 15) is 24.0 Å². The number of carbonyl (C=O) groups excluding carboxylic acids is 5. The molecule has 0 bridgehead atoms. The summed E-state index contributed by atoms with van der Waals surface area (Å²) in [5, 5.41) is 5.61. The number of urea groups is 1. The summed E-state index contributed by atoms with van der Waals surface area (Å²) in [5.74, 6) is -2.24. The molecule has 0 radical (unpaired) electrons. The van der Waals surface area contributed by atoms with Crippen molar-refractivity contribution in [1.82, 2.24) is 20.4 Å². The molecule has 4 N–H and O–H groups in total. The number of hydrogen-bond acceptors (Lipinski definition) is 5. The van der Waals surface area contributed by atoms with Gasteiger partial charge in [-0.25, -0.2) is 4.79 Å². The molecule has 3 rings (SSSR count). The van der Waals surface area contributed by atoms with Gasteiger partial charge in [-0.1, -0.05) is 38.5 Å². The Labute approximate surface area is 201 Å². The van der Waals surface area contributed by atoms with Crippen molar-refractivity contribution in [3.8, 4) is 0 Å². The molecule has 1 heterocycles. The van der Waals surface area contributed by atoms with Crippen molar-refractivity contribution < 1.29 is 24.0 Å². The molecule has 34 heavy (non-hydrogen) atoms. The average molecular weight is 478 g/mol. The van der Waals surface area contributed by atoms with Crippen LogP contribution in [0.5, 0.6) is 0 Å². The highest BCUT2D eigenvalue weighted by molar-refractivity contribution is 6.37. The van der Waals surface area contributed by atoms with E-state index < -0.39 is 35.7 Å². The number of nitrogens with zero attached hydrogens (tertiary/aromatic N) is 2. The number of likely N-dealkylation sites (tertiary alicyclic amines) is 1. The van der Waals surface area contributed by atoms with Crippen molar-refractivity contribution in [1.29, 1.82) is 0 Å². The Morgan fingerprint density at radius 2 is 1.59 bits per heavy atom. The molecule has 0 aromatic heterocycles. The average Bonchev–Trinajstić information content (AvgIpc) is 3.28. The molecule has 0 aromatic carbocycles. The Bertz CT molecular complexity index is 791. The summed E-state index contributed by atoms with van der Waals surface area (Å²) in [5.41, 5.74) is 5.22. The molecule has 5 amide bonds. The lowest BCUT2D eigenvalue weighted by molar-refractivity contribution is -0.143. The molecule has 10 nitrogen and oxygen atoms in total. The van der Waals surface area contributed by atoms with E-state index in [1.54, 1.807) is 19.0 Å². The SMILES string of the molecule is CN(C)C(=O)NC(C(=O)N1CCCC1C(=O)NC(CC1CCC1)C(=O)C(N)=O)C1CCCCC1. The van der Waals surface area contributed by atoms with Crippen molar-refractivity contribution in [2.75, 3.05) is 20.6 Å². The van der Waals surface area contributed by atoms with Crippen LogP contribution in [-0.2, 0) is 19.2 Å². The van der Waals surface area contributed by atoms with Crippen LogP contribution in [0.2, 0.25) is 0 Å². The number of Topliss-reactive ketones (excluding diaryl/α,β-unsaturated/α-hetero) is 1. The molecule has 0 aromatic rings. The first-order chi connectivity index (χ1) is 16.2. The summed E-state index contributed by atoms with van der Waals surface area (Å²) in [7, 11) is 3.25. The number of nitrogens with two attached hydrogens (primary N) is 1. The molecule has 1 aliphatic heterocycles. The largest absolute Gasteiger partial charge is 0.363 e. The Morgan fingerprint density at radius 1 is 0.912 bits per heavy atom. The van der Waals surface area contributed by atoms with Gasteiger partial charge in [0, 0.05) is 20.6 Å². The first kappa shape index (κ1) is 26.0. The van der Waals surface area contributed by atoms with E-state index in [2.05, 4.69) is 10.6 Å². The summed E-state index contributed by atoms with van der Waals surface area (Å²) >= 11 is 0. The smallest absolute Gasteiger partial charge is 0.317 e. The second kappa shape index (κ2) is 11.7. The molecular weight excluding hydrogens is 438 g/mol. The third-order valence-corrected chi connectivity index (χ3v) is 7.58. The summed E-state index contributed by atoms with van der Waals surface area (Å²) in [4.78, 5) is 66.1. The number of primary amides is 1. The van der Waals surface area contributed by atoms with Crippen LogP contribution >= 0.6 is 0 Å². The first-order valence-electron chi connectivity index (χ1n) is 12.6. The van der Waals surface area contributed by atoms with Crippen LogP contribution in [0.3, 0.4) is 0 Å². The van der Waals surface area contributed by atoms with Crippen molar-refractivity contribution in [3.05, 3.63) is 0 Å². The van der Waals surface area contributed by atoms with Gasteiger partial charge in [0.05, 0.1) is 6.04 Å². The second-order valence-electron chi connectivity index (χ2n) is 10.2. The highest BCUT2D eigenvalue weighted by atomic mass is 16.2. The summed E-state index contributed by atoms with van der Waals surface area (Å²) in [6, 6.07) is -2.73. The van der Waals surface area contributed by atoms with Crippen molar-refractivity contribution in [2.24, 2.45) is 17.6 Å². The molecule has 190 valence electrons. The van der Waals surface area contributed by atoms with Gasteiger partial charge < -0.3 is 26.2 Å². The van der Waals surface area contributed by atoms with E-state index >= 15 is 0 Å². The predicted octanol–water partition coefficient (Wildman–Crippen LogP) is 0.927. The normalized spacial score (nSPS) is 22.9. The minimum Gasteiger partial charge on any atom is -0.363 e. The van der Waals surface area contributed by atoms with Gasteiger partial charge in [-0.2, -0.15) is 0 Å². The summed E-state index contributed by atoms with van der Waals surface area (Å²) < 4.78 is 0.